The van der Waals surface area contributed by atoms with E-state index >= 15 is 0 Å². The molecule has 1 aliphatic heterocycles. The Morgan fingerprint density at radius 1 is 1.16 bits per heavy atom. The number of anilines is 1. The van der Waals surface area contributed by atoms with Gasteiger partial charge in [0.1, 0.15) is 5.01 Å². The van der Waals surface area contributed by atoms with Gasteiger partial charge in [-0.3, -0.25) is 4.79 Å². The van der Waals surface area contributed by atoms with Gasteiger partial charge in [-0.25, -0.2) is 8.42 Å². The number of hydrogen-bond donors (Lipinski definition) is 1. The van der Waals surface area contributed by atoms with E-state index in [0.29, 0.717) is 40.8 Å². The monoisotopic (exact) mass is 490 g/mol. The summed E-state index contributed by atoms with van der Waals surface area (Å²) < 4.78 is 28.0. The summed E-state index contributed by atoms with van der Waals surface area (Å²) in [6.45, 7) is 4.41. The number of hydrogen-bond acceptors (Lipinski definition) is 6. The molecule has 4 rings (SSSR count). The van der Waals surface area contributed by atoms with Gasteiger partial charge in [-0.1, -0.05) is 46.7 Å². The lowest BCUT2D eigenvalue weighted by Gasteiger charge is -2.31. The van der Waals surface area contributed by atoms with Crippen LogP contribution in [0.2, 0.25) is 5.02 Å². The molecular formula is C22H23ClN4O3S2. The minimum absolute atomic E-state index is 0.114. The molecule has 1 fully saturated rings. The minimum Gasteiger partial charge on any atom is -0.320 e. The first-order valence-corrected chi connectivity index (χ1v) is 12.9. The van der Waals surface area contributed by atoms with Gasteiger partial charge in [0, 0.05) is 29.7 Å². The maximum Gasteiger partial charge on any atom is 0.286 e. The van der Waals surface area contributed by atoms with Crippen molar-refractivity contribution in [1.82, 2.24) is 14.5 Å². The Bertz CT molecular complexity index is 1240. The second-order valence-electron chi connectivity index (χ2n) is 7.83. The van der Waals surface area contributed by atoms with E-state index in [1.165, 1.54) is 15.6 Å². The second kappa shape index (κ2) is 9.27. The van der Waals surface area contributed by atoms with Gasteiger partial charge in [0.2, 0.25) is 15.0 Å². The number of sulfonamides is 1. The molecule has 3 aromatic rings. The van der Waals surface area contributed by atoms with E-state index in [0.717, 1.165) is 12.0 Å². The van der Waals surface area contributed by atoms with E-state index in [9.17, 15) is 13.2 Å². The lowest BCUT2D eigenvalue weighted by molar-refractivity contribution is 0.102. The number of piperidine rings is 1. The maximum atomic E-state index is 13.2. The molecule has 0 aliphatic carbocycles. The molecule has 0 bridgehead atoms. The first kappa shape index (κ1) is 22.8. The molecular weight excluding hydrogens is 468 g/mol. The van der Waals surface area contributed by atoms with Crippen molar-refractivity contribution in [3.63, 3.8) is 0 Å². The lowest BCUT2D eigenvalue weighted by Crippen LogP contribution is -2.39. The Kier molecular flexibility index (Phi) is 6.62. The highest BCUT2D eigenvalue weighted by Gasteiger charge is 2.33. The van der Waals surface area contributed by atoms with Gasteiger partial charge < -0.3 is 5.32 Å². The Morgan fingerprint density at radius 2 is 1.91 bits per heavy atom. The van der Waals surface area contributed by atoms with E-state index in [1.54, 1.807) is 25.1 Å². The average Bonchev–Trinajstić information content (AvgIpc) is 3.28. The number of carbonyl (C=O) groups is 1. The standard InChI is InChI=1S/C22H23ClN4O3S2/c1-14-8-10-17(11-9-14)24-20(28)22-26-25-21(31-22)16-5-4-12-27(13-16)32(29,30)19-7-3-6-18(23)15(19)2/h3,6-11,16H,4-5,12-13H2,1-2H3,(H,24,28)/t16-/m1/s1. The fourth-order valence-electron chi connectivity index (χ4n) is 3.68. The van der Waals surface area contributed by atoms with Gasteiger partial charge in [-0.2, -0.15) is 4.31 Å². The smallest absolute Gasteiger partial charge is 0.286 e. The van der Waals surface area contributed by atoms with Gasteiger partial charge in [0.15, 0.2) is 0 Å². The summed E-state index contributed by atoms with van der Waals surface area (Å²) in [7, 11) is -3.68. The summed E-state index contributed by atoms with van der Waals surface area (Å²) in [5.74, 6) is -0.441. The van der Waals surface area contributed by atoms with E-state index in [2.05, 4.69) is 15.5 Å². The number of benzene rings is 2. The minimum atomic E-state index is -3.68. The Hall–Kier alpha value is -2.33. The molecule has 1 amide bonds. The third-order valence-corrected chi connectivity index (χ3v) is 9.02. The summed E-state index contributed by atoms with van der Waals surface area (Å²) in [5, 5.41) is 12.4. The largest absolute Gasteiger partial charge is 0.320 e. The fraction of sp³-hybridized carbons (Fsp3) is 0.318. The van der Waals surface area contributed by atoms with Crippen LogP contribution in [0.3, 0.4) is 0 Å². The Labute approximate surface area is 196 Å². The summed E-state index contributed by atoms with van der Waals surface area (Å²) in [5.41, 5.74) is 2.33. The van der Waals surface area contributed by atoms with Crippen LogP contribution in [0.15, 0.2) is 47.4 Å². The van der Waals surface area contributed by atoms with Gasteiger partial charge in [-0.15, -0.1) is 10.2 Å². The summed E-state index contributed by atoms with van der Waals surface area (Å²) in [4.78, 5) is 12.8. The number of aromatic nitrogens is 2. The third kappa shape index (κ3) is 4.71. The quantitative estimate of drug-likeness (QED) is 0.563. The molecule has 0 saturated carbocycles. The predicted molar refractivity (Wildman–Crippen MR) is 126 cm³/mol. The second-order valence-corrected chi connectivity index (χ2v) is 11.2. The van der Waals surface area contributed by atoms with Crippen LogP contribution in [-0.2, 0) is 10.0 Å². The van der Waals surface area contributed by atoms with Crippen molar-refractivity contribution in [3.05, 3.63) is 68.6 Å². The molecule has 7 nitrogen and oxygen atoms in total. The number of halogens is 1. The molecule has 32 heavy (non-hydrogen) atoms. The molecule has 1 N–H and O–H groups in total. The zero-order valence-corrected chi connectivity index (χ0v) is 20.1. The molecule has 1 aromatic heterocycles. The van der Waals surface area contributed by atoms with Gasteiger partial charge in [-0.05, 0) is 56.5 Å². The predicted octanol–water partition coefficient (Wildman–Crippen LogP) is 4.63. The van der Waals surface area contributed by atoms with Crippen LogP contribution >= 0.6 is 22.9 Å². The molecule has 168 valence electrons. The molecule has 10 heteroatoms. The highest BCUT2D eigenvalue weighted by atomic mass is 35.5. The van der Waals surface area contributed by atoms with Crippen molar-refractivity contribution < 1.29 is 13.2 Å². The zero-order chi connectivity index (χ0) is 22.9. The molecule has 1 aliphatic rings. The van der Waals surface area contributed by atoms with Crippen molar-refractivity contribution in [2.45, 2.75) is 37.5 Å². The number of nitrogens with one attached hydrogen (secondary N) is 1. The SMILES string of the molecule is Cc1ccc(NC(=O)c2nnc([C@@H]3CCCN(S(=O)(=O)c4cccc(Cl)c4C)C3)s2)cc1. The molecule has 2 aromatic carbocycles. The first-order valence-electron chi connectivity index (χ1n) is 10.2. The van der Waals surface area contributed by atoms with Crippen LogP contribution in [0.1, 0.15) is 44.7 Å². The van der Waals surface area contributed by atoms with Crippen molar-refractivity contribution in [2.75, 3.05) is 18.4 Å². The lowest BCUT2D eigenvalue weighted by atomic mass is 10.0. The van der Waals surface area contributed by atoms with Gasteiger partial charge in [0.25, 0.3) is 5.91 Å². The molecule has 0 radical (unpaired) electrons. The van der Waals surface area contributed by atoms with Crippen molar-refractivity contribution in [1.29, 1.82) is 0 Å². The number of rotatable bonds is 5. The number of amides is 1. The topological polar surface area (TPSA) is 92.3 Å². The number of aryl methyl sites for hydroxylation is 1. The van der Waals surface area contributed by atoms with Crippen molar-refractivity contribution in [2.24, 2.45) is 0 Å². The summed E-state index contributed by atoms with van der Waals surface area (Å²) >= 11 is 7.35. The average molecular weight is 491 g/mol. The van der Waals surface area contributed by atoms with Crippen molar-refractivity contribution in [3.8, 4) is 0 Å². The number of nitrogens with zero attached hydrogens (tertiary/aromatic N) is 3. The molecule has 1 saturated heterocycles. The normalized spacial score (nSPS) is 17.3. The Balaban J connectivity index is 1.49. The Morgan fingerprint density at radius 3 is 2.66 bits per heavy atom. The molecule has 1 atom stereocenters. The maximum absolute atomic E-state index is 13.2. The van der Waals surface area contributed by atoms with E-state index < -0.39 is 10.0 Å². The third-order valence-electron chi connectivity index (χ3n) is 5.51. The summed E-state index contributed by atoms with van der Waals surface area (Å²) in [6.07, 6.45) is 1.49. The van der Waals surface area contributed by atoms with Crippen LogP contribution in [0, 0.1) is 13.8 Å². The summed E-state index contributed by atoms with van der Waals surface area (Å²) in [6, 6.07) is 12.4. The van der Waals surface area contributed by atoms with Gasteiger partial charge in [0.05, 0.1) is 4.90 Å². The van der Waals surface area contributed by atoms with Crippen LogP contribution < -0.4 is 5.32 Å². The first-order chi connectivity index (χ1) is 15.3. The van der Waals surface area contributed by atoms with Crippen LogP contribution in [0.25, 0.3) is 0 Å². The van der Waals surface area contributed by atoms with E-state index in [1.807, 2.05) is 31.2 Å². The van der Waals surface area contributed by atoms with Crippen LogP contribution in [-0.4, -0.2) is 41.9 Å². The molecule has 0 unspecified atom stereocenters. The molecule has 0 spiro atoms. The fourth-order valence-corrected chi connectivity index (χ4v) is 6.55. The number of carbonyl (C=O) groups excluding carboxylic acids is 1. The van der Waals surface area contributed by atoms with Crippen LogP contribution in [0.5, 0.6) is 0 Å². The van der Waals surface area contributed by atoms with Crippen LogP contribution in [0.4, 0.5) is 5.69 Å². The highest BCUT2D eigenvalue weighted by molar-refractivity contribution is 7.89. The van der Waals surface area contributed by atoms with Gasteiger partial charge >= 0.3 is 0 Å². The van der Waals surface area contributed by atoms with E-state index in [-0.39, 0.29) is 21.7 Å². The molecule has 2 heterocycles. The zero-order valence-electron chi connectivity index (χ0n) is 17.7. The highest BCUT2D eigenvalue weighted by Crippen LogP contribution is 2.33. The van der Waals surface area contributed by atoms with Crippen molar-refractivity contribution >= 4 is 44.6 Å². The van der Waals surface area contributed by atoms with E-state index in [4.69, 9.17) is 11.6 Å².